The van der Waals surface area contributed by atoms with Crippen LogP contribution in [0.5, 0.6) is 0 Å². The zero-order chi connectivity index (χ0) is 25.8. The van der Waals surface area contributed by atoms with Crippen LogP contribution in [0.25, 0.3) is 11.1 Å². The van der Waals surface area contributed by atoms with Crippen molar-refractivity contribution in [3.8, 4) is 11.1 Å². The van der Waals surface area contributed by atoms with Gasteiger partial charge in [-0.3, -0.25) is 4.79 Å². The van der Waals surface area contributed by atoms with Crippen LogP contribution in [0.15, 0.2) is 61.1 Å². The first-order valence-electron chi connectivity index (χ1n) is 12.5. The zero-order valence-electron chi connectivity index (χ0n) is 21.1. The molecule has 0 aliphatic carbocycles. The van der Waals surface area contributed by atoms with Crippen molar-refractivity contribution in [2.75, 3.05) is 17.3 Å². The van der Waals surface area contributed by atoms with Gasteiger partial charge < -0.3 is 20.3 Å². The van der Waals surface area contributed by atoms with Crippen molar-refractivity contribution in [1.29, 1.82) is 0 Å². The Kier molecular flexibility index (Phi) is 10.9. The average Bonchev–Trinajstić information content (AvgIpc) is 3.35. The Hall–Kier alpha value is -3.26. The lowest BCUT2D eigenvalue weighted by molar-refractivity contribution is -0.139. The number of carbonyl (C=O) groups excluding carboxylic acids is 1. The second-order valence-corrected chi connectivity index (χ2v) is 9.77. The monoisotopic (exact) mass is 508 g/mol. The molecule has 0 saturated heterocycles. The molecule has 1 atom stereocenters. The fourth-order valence-electron chi connectivity index (χ4n) is 3.97. The highest BCUT2D eigenvalue weighted by molar-refractivity contribution is 7.98. The van der Waals surface area contributed by atoms with E-state index >= 15 is 0 Å². The lowest BCUT2D eigenvalue weighted by Gasteiger charge is -2.17. The number of rotatable bonds is 15. The van der Waals surface area contributed by atoms with E-state index in [1.54, 1.807) is 17.8 Å². The van der Waals surface area contributed by atoms with E-state index in [-0.39, 0.29) is 0 Å². The summed E-state index contributed by atoms with van der Waals surface area (Å²) in [5.74, 6) is -0.766. The highest BCUT2D eigenvalue weighted by atomic mass is 32.2. The molecule has 3 aromatic rings. The molecule has 0 radical (unpaired) electrons. The number of hydrogen-bond acceptors (Lipinski definition) is 5. The van der Waals surface area contributed by atoms with Crippen LogP contribution in [0.4, 0.5) is 5.69 Å². The number of aryl methyl sites for hydroxylation is 1. The molecule has 2 aromatic carbocycles. The first kappa shape index (κ1) is 27.3. The molecular formula is C28H36N4O3S. The van der Waals surface area contributed by atoms with Crippen LogP contribution < -0.4 is 10.6 Å². The van der Waals surface area contributed by atoms with Crippen molar-refractivity contribution >= 4 is 29.3 Å². The van der Waals surface area contributed by atoms with Gasteiger partial charge in [-0.25, -0.2) is 9.78 Å². The summed E-state index contributed by atoms with van der Waals surface area (Å²) in [5.41, 5.74) is 3.89. The SMILES string of the molecule is CCCCCCn1cnc(CNc2ccc(C(=O)N[C@@H](CCSC)C(=O)O)c(-c3ccccc3)c2)c1. The van der Waals surface area contributed by atoms with Gasteiger partial charge in [0.15, 0.2) is 0 Å². The van der Waals surface area contributed by atoms with E-state index in [1.165, 1.54) is 19.3 Å². The molecule has 192 valence electrons. The molecule has 1 heterocycles. The van der Waals surface area contributed by atoms with Crippen molar-refractivity contribution < 1.29 is 14.7 Å². The van der Waals surface area contributed by atoms with Gasteiger partial charge in [0.25, 0.3) is 5.91 Å². The van der Waals surface area contributed by atoms with Gasteiger partial charge in [-0.05, 0) is 54.2 Å². The molecule has 36 heavy (non-hydrogen) atoms. The number of carbonyl (C=O) groups is 2. The predicted octanol–water partition coefficient (Wildman–Crippen LogP) is 5.68. The Morgan fingerprint density at radius 2 is 1.92 bits per heavy atom. The molecule has 0 fully saturated rings. The molecule has 8 heteroatoms. The van der Waals surface area contributed by atoms with Gasteiger partial charge in [-0.2, -0.15) is 11.8 Å². The van der Waals surface area contributed by atoms with Crippen molar-refractivity contribution in [2.24, 2.45) is 0 Å². The number of carboxylic acids is 1. The van der Waals surface area contributed by atoms with Gasteiger partial charge in [-0.15, -0.1) is 0 Å². The lowest BCUT2D eigenvalue weighted by atomic mass is 9.98. The summed E-state index contributed by atoms with van der Waals surface area (Å²) in [6.07, 6.45) is 11.1. The minimum absolute atomic E-state index is 0.369. The molecular weight excluding hydrogens is 472 g/mol. The summed E-state index contributed by atoms with van der Waals surface area (Å²) in [6, 6.07) is 14.3. The number of imidazole rings is 1. The number of aromatic nitrogens is 2. The fraction of sp³-hybridized carbons (Fsp3) is 0.393. The smallest absolute Gasteiger partial charge is 0.326 e. The van der Waals surface area contributed by atoms with E-state index < -0.39 is 17.9 Å². The van der Waals surface area contributed by atoms with Crippen LogP contribution >= 0.6 is 11.8 Å². The van der Waals surface area contributed by atoms with Crippen molar-refractivity contribution in [2.45, 2.75) is 58.2 Å². The number of thioether (sulfide) groups is 1. The normalized spacial score (nSPS) is 11.7. The minimum Gasteiger partial charge on any atom is -0.480 e. The lowest BCUT2D eigenvalue weighted by Crippen LogP contribution is -2.41. The molecule has 0 saturated carbocycles. The number of hydrogen-bond donors (Lipinski definition) is 3. The molecule has 0 unspecified atom stereocenters. The molecule has 1 amide bonds. The standard InChI is InChI=1S/C28H36N4O3S/c1-3-4-5-9-15-32-19-23(30-20-32)18-29-22-12-13-24(25(17-22)21-10-7-6-8-11-21)27(33)31-26(28(34)35)14-16-36-2/h6-8,10-13,17,19-20,26,29H,3-5,9,14-16,18H2,1-2H3,(H,31,33)(H,34,35)/t26-/m0/s1. The van der Waals surface area contributed by atoms with Gasteiger partial charge in [0.2, 0.25) is 0 Å². The largest absolute Gasteiger partial charge is 0.480 e. The number of anilines is 1. The maximum Gasteiger partial charge on any atom is 0.326 e. The molecule has 0 aliphatic heterocycles. The van der Waals surface area contributed by atoms with E-state index in [9.17, 15) is 14.7 Å². The summed E-state index contributed by atoms with van der Waals surface area (Å²) < 4.78 is 2.13. The van der Waals surface area contributed by atoms with E-state index in [2.05, 4.69) is 33.3 Å². The summed E-state index contributed by atoms with van der Waals surface area (Å²) >= 11 is 1.55. The van der Waals surface area contributed by atoms with Gasteiger partial charge in [0.05, 0.1) is 18.6 Å². The quantitative estimate of drug-likeness (QED) is 0.229. The highest BCUT2D eigenvalue weighted by Gasteiger charge is 2.22. The minimum atomic E-state index is -1.03. The number of unbranched alkanes of at least 4 members (excludes halogenated alkanes) is 3. The van der Waals surface area contributed by atoms with E-state index in [0.29, 0.717) is 24.3 Å². The molecule has 0 aliphatic rings. The molecule has 1 aromatic heterocycles. The van der Waals surface area contributed by atoms with Crippen LogP contribution in [0, 0.1) is 0 Å². The number of amides is 1. The van der Waals surface area contributed by atoms with E-state index in [0.717, 1.165) is 35.5 Å². The Labute approximate surface area is 217 Å². The first-order valence-corrected chi connectivity index (χ1v) is 13.9. The number of nitrogens with one attached hydrogen (secondary N) is 2. The average molecular weight is 509 g/mol. The van der Waals surface area contributed by atoms with Gasteiger partial charge in [0.1, 0.15) is 6.04 Å². The number of benzene rings is 2. The van der Waals surface area contributed by atoms with E-state index in [1.807, 2.05) is 55.0 Å². The highest BCUT2D eigenvalue weighted by Crippen LogP contribution is 2.27. The van der Waals surface area contributed by atoms with Crippen LogP contribution in [0.3, 0.4) is 0 Å². The Morgan fingerprint density at radius 3 is 2.64 bits per heavy atom. The van der Waals surface area contributed by atoms with Crippen molar-refractivity contribution in [1.82, 2.24) is 14.9 Å². The summed E-state index contributed by atoms with van der Waals surface area (Å²) in [5, 5.41) is 15.6. The third-order valence-electron chi connectivity index (χ3n) is 5.99. The summed E-state index contributed by atoms with van der Waals surface area (Å²) in [7, 11) is 0. The predicted molar refractivity (Wildman–Crippen MR) is 147 cm³/mol. The van der Waals surface area contributed by atoms with Crippen LogP contribution in [-0.2, 0) is 17.9 Å². The number of nitrogens with zero attached hydrogens (tertiary/aromatic N) is 2. The maximum atomic E-state index is 13.1. The van der Waals surface area contributed by atoms with Crippen LogP contribution in [0.1, 0.15) is 55.1 Å². The third-order valence-corrected chi connectivity index (χ3v) is 6.64. The molecule has 3 N–H and O–H groups in total. The molecule has 0 bridgehead atoms. The maximum absolute atomic E-state index is 13.1. The number of aliphatic carboxylic acids is 1. The molecule has 0 spiro atoms. The Balaban J connectivity index is 1.74. The third kappa shape index (κ3) is 8.16. The van der Waals surface area contributed by atoms with Gasteiger partial charge >= 0.3 is 5.97 Å². The van der Waals surface area contributed by atoms with E-state index in [4.69, 9.17) is 0 Å². The Bertz CT molecular complexity index is 1120. The Morgan fingerprint density at radius 1 is 1.11 bits per heavy atom. The fourth-order valence-corrected chi connectivity index (χ4v) is 4.44. The first-order chi connectivity index (χ1) is 17.5. The second kappa shape index (κ2) is 14.3. The van der Waals surface area contributed by atoms with Crippen molar-refractivity contribution in [3.05, 3.63) is 72.3 Å². The van der Waals surface area contributed by atoms with Gasteiger partial charge in [-0.1, -0.05) is 56.5 Å². The van der Waals surface area contributed by atoms with Crippen molar-refractivity contribution in [3.63, 3.8) is 0 Å². The van der Waals surface area contributed by atoms with Crippen LogP contribution in [0.2, 0.25) is 0 Å². The summed E-state index contributed by atoms with van der Waals surface area (Å²) in [6.45, 7) is 3.75. The number of carboxylic acid groups (broad SMARTS) is 1. The van der Waals surface area contributed by atoms with Crippen LogP contribution in [-0.4, -0.2) is 44.6 Å². The second-order valence-electron chi connectivity index (χ2n) is 8.79. The topological polar surface area (TPSA) is 96.3 Å². The zero-order valence-corrected chi connectivity index (χ0v) is 21.9. The molecule has 7 nitrogen and oxygen atoms in total. The summed E-state index contributed by atoms with van der Waals surface area (Å²) in [4.78, 5) is 29.3. The van der Waals surface area contributed by atoms with Gasteiger partial charge in [0, 0.05) is 24.0 Å². The molecule has 3 rings (SSSR count).